The van der Waals surface area contributed by atoms with Crippen LogP contribution >= 0.6 is 0 Å². The minimum Gasteiger partial charge on any atom is -0.469 e. The number of benzene rings is 1. The average Bonchev–Trinajstić information content (AvgIpc) is 2.38. The zero-order valence-corrected chi connectivity index (χ0v) is 11.1. The summed E-state index contributed by atoms with van der Waals surface area (Å²) in [5, 5.41) is 3.28. The van der Waals surface area contributed by atoms with Crippen molar-refractivity contribution >= 4 is 5.97 Å². The first-order chi connectivity index (χ1) is 8.65. The van der Waals surface area contributed by atoms with E-state index in [0.717, 1.165) is 6.42 Å². The zero-order chi connectivity index (χ0) is 13.4. The summed E-state index contributed by atoms with van der Waals surface area (Å²) in [6.45, 7) is 6.42. The van der Waals surface area contributed by atoms with Crippen molar-refractivity contribution in [3.05, 3.63) is 48.0 Å². The molecule has 0 amide bonds. The summed E-state index contributed by atoms with van der Waals surface area (Å²) in [7, 11) is 1.42. The highest BCUT2D eigenvalue weighted by Gasteiger charge is 2.13. The second-order valence-electron chi connectivity index (χ2n) is 4.36. The van der Waals surface area contributed by atoms with Crippen molar-refractivity contribution < 1.29 is 9.53 Å². The van der Waals surface area contributed by atoms with Crippen LogP contribution in [0.25, 0.3) is 0 Å². The van der Waals surface area contributed by atoms with E-state index in [-0.39, 0.29) is 12.0 Å². The molecule has 1 aromatic rings. The van der Waals surface area contributed by atoms with Crippen LogP contribution in [0, 0.1) is 6.92 Å². The third-order valence-electron chi connectivity index (χ3n) is 2.79. The highest BCUT2D eigenvalue weighted by atomic mass is 16.5. The summed E-state index contributed by atoms with van der Waals surface area (Å²) in [6.07, 6.45) is 2.97. The van der Waals surface area contributed by atoms with Crippen molar-refractivity contribution in [3.8, 4) is 0 Å². The van der Waals surface area contributed by atoms with Gasteiger partial charge in [0.05, 0.1) is 13.5 Å². The Hall–Kier alpha value is -1.61. The lowest BCUT2D eigenvalue weighted by Crippen LogP contribution is -2.33. The summed E-state index contributed by atoms with van der Waals surface area (Å²) < 4.78 is 4.71. The van der Waals surface area contributed by atoms with Crippen LogP contribution in [0.15, 0.2) is 36.9 Å². The van der Waals surface area contributed by atoms with Crippen molar-refractivity contribution in [1.29, 1.82) is 0 Å². The first-order valence-electron chi connectivity index (χ1n) is 6.12. The Morgan fingerprint density at radius 3 is 2.67 bits per heavy atom. The molecule has 0 radical (unpaired) electrons. The maximum atomic E-state index is 11.3. The highest BCUT2D eigenvalue weighted by molar-refractivity contribution is 5.70. The molecular weight excluding hydrogens is 226 g/mol. The van der Waals surface area contributed by atoms with Gasteiger partial charge in [-0.25, -0.2) is 0 Å². The molecule has 3 heteroatoms. The van der Waals surface area contributed by atoms with E-state index in [1.54, 1.807) is 6.08 Å². The van der Waals surface area contributed by atoms with Gasteiger partial charge in [-0.3, -0.25) is 4.79 Å². The molecule has 98 valence electrons. The van der Waals surface area contributed by atoms with Gasteiger partial charge >= 0.3 is 5.97 Å². The van der Waals surface area contributed by atoms with E-state index < -0.39 is 0 Å². The number of methoxy groups -OCH3 is 1. The number of hydrogen-bond acceptors (Lipinski definition) is 3. The van der Waals surface area contributed by atoms with Crippen molar-refractivity contribution in [2.45, 2.75) is 25.8 Å². The summed E-state index contributed by atoms with van der Waals surface area (Å²) in [6, 6.07) is 8.43. The monoisotopic (exact) mass is 247 g/mol. The van der Waals surface area contributed by atoms with E-state index >= 15 is 0 Å². The van der Waals surface area contributed by atoms with Crippen molar-refractivity contribution in [2.75, 3.05) is 13.7 Å². The predicted octanol–water partition coefficient (Wildman–Crippen LogP) is 2.24. The molecule has 0 aliphatic carbocycles. The first-order valence-corrected chi connectivity index (χ1v) is 6.12. The maximum Gasteiger partial charge on any atom is 0.307 e. The molecule has 1 N–H and O–H groups in total. The Kier molecular flexibility index (Phi) is 6.15. The summed E-state index contributed by atoms with van der Waals surface area (Å²) in [5.74, 6) is -0.191. The Bertz CT molecular complexity index is 384. The van der Waals surface area contributed by atoms with Gasteiger partial charge in [0, 0.05) is 12.6 Å². The molecule has 0 fully saturated rings. The van der Waals surface area contributed by atoms with Gasteiger partial charge in [-0.15, -0.1) is 6.58 Å². The van der Waals surface area contributed by atoms with Crippen molar-refractivity contribution in [2.24, 2.45) is 0 Å². The van der Waals surface area contributed by atoms with Crippen LogP contribution in [-0.4, -0.2) is 25.7 Å². The van der Waals surface area contributed by atoms with Gasteiger partial charge in [0.2, 0.25) is 0 Å². The summed E-state index contributed by atoms with van der Waals surface area (Å²) >= 11 is 0. The SMILES string of the molecule is C=CCNC(CC(=O)OC)Cc1ccc(C)cc1. The van der Waals surface area contributed by atoms with Gasteiger partial charge in [0.25, 0.3) is 0 Å². The van der Waals surface area contributed by atoms with Crippen LogP contribution in [0.5, 0.6) is 0 Å². The lowest BCUT2D eigenvalue weighted by atomic mass is 10.0. The molecular formula is C15H21NO2. The normalized spacial score (nSPS) is 11.9. The first kappa shape index (κ1) is 14.5. The van der Waals surface area contributed by atoms with Crippen molar-refractivity contribution in [3.63, 3.8) is 0 Å². The van der Waals surface area contributed by atoms with Gasteiger partial charge in [-0.05, 0) is 18.9 Å². The number of ether oxygens (including phenoxy) is 1. The van der Waals surface area contributed by atoms with E-state index in [9.17, 15) is 4.79 Å². The fourth-order valence-electron chi connectivity index (χ4n) is 1.76. The number of carbonyl (C=O) groups excluding carboxylic acids is 1. The molecule has 18 heavy (non-hydrogen) atoms. The maximum absolute atomic E-state index is 11.3. The third kappa shape index (κ3) is 5.15. The van der Waals surface area contributed by atoms with Gasteiger partial charge in [0.15, 0.2) is 0 Å². The molecule has 3 nitrogen and oxygen atoms in total. The van der Waals surface area contributed by atoms with E-state index in [0.29, 0.717) is 13.0 Å². The zero-order valence-electron chi connectivity index (χ0n) is 11.1. The molecule has 1 atom stereocenters. The lowest BCUT2D eigenvalue weighted by molar-refractivity contribution is -0.141. The van der Waals surface area contributed by atoms with Gasteiger partial charge < -0.3 is 10.1 Å². The number of rotatable bonds is 7. The Labute approximate surface area is 109 Å². The smallest absolute Gasteiger partial charge is 0.307 e. The standard InChI is InChI=1S/C15H21NO2/c1-4-9-16-14(11-15(17)18-3)10-13-7-5-12(2)6-8-13/h4-8,14,16H,1,9-11H2,2-3H3. The molecule has 0 aromatic heterocycles. The fraction of sp³-hybridized carbons (Fsp3) is 0.400. The molecule has 0 spiro atoms. The number of carbonyl (C=O) groups is 1. The van der Waals surface area contributed by atoms with Gasteiger partial charge in [0.1, 0.15) is 0 Å². The largest absolute Gasteiger partial charge is 0.469 e. The number of aryl methyl sites for hydroxylation is 1. The van der Waals surface area contributed by atoms with Crippen LogP contribution < -0.4 is 5.32 Å². The topological polar surface area (TPSA) is 38.3 Å². The van der Waals surface area contributed by atoms with Crippen LogP contribution in [0.4, 0.5) is 0 Å². The minimum absolute atomic E-state index is 0.0816. The molecule has 1 unspecified atom stereocenters. The molecule has 1 rings (SSSR count). The molecule has 0 saturated heterocycles. The van der Waals surface area contributed by atoms with Crippen LogP contribution in [0.3, 0.4) is 0 Å². The second-order valence-corrected chi connectivity index (χ2v) is 4.36. The van der Waals surface area contributed by atoms with Gasteiger partial charge in [-0.2, -0.15) is 0 Å². The molecule has 1 aromatic carbocycles. The summed E-state index contributed by atoms with van der Waals surface area (Å²) in [5.41, 5.74) is 2.45. The van der Waals surface area contributed by atoms with E-state index in [1.165, 1.54) is 18.2 Å². The average molecular weight is 247 g/mol. The second kappa shape index (κ2) is 7.67. The van der Waals surface area contributed by atoms with Crippen LogP contribution in [-0.2, 0) is 16.0 Å². The van der Waals surface area contributed by atoms with E-state index in [4.69, 9.17) is 4.74 Å². The predicted molar refractivity (Wildman–Crippen MR) is 73.5 cm³/mol. The molecule has 0 aliphatic heterocycles. The number of nitrogens with one attached hydrogen (secondary N) is 1. The summed E-state index contributed by atoms with van der Waals surface area (Å²) in [4.78, 5) is 11.3. The third-order valence-corrected chi connectivity index (χ3v) is 2.79. The van der Waals surface area contributed by atoms with Gasteiger partial charge in [-0.1, -0.05) is 35.9 Å². The lowest BCUT2D eigenvalue weighted by Gasteiger charge is -2.16. The Morgan fingerprint density at radius 2 is 2.11 bits per heavy atom. The molecule has 0 saturated carbocycles. The number of hydrogen-bond donors (Lipinski definition) is 1. The fourth-order valence-corrected chi connectivity index (χ4v) is 1.76. The quantitative estimate of drug-likeness (QED) is 0.593. The number of esters is 1. The molecule has 0 bridgehead atoms. The Morgan fingerprint density at radius 1 is 1.44 bits per heavy atom. The minimum atomic E-state index is -0.191. The van der Waals surface area contributed by atoms with Crippen LogP contribution in [0.2, 0.25) is 0 Å². The highest BCUT2D eigenvalue weighted by Crippen LogP contribution is 2.08. The van der Waals surface area contributed by atoms with Crippen LogP contribution in [0.1, 0.15) is 17.5 Å². The molecule has 0 aliphatic rings. The van der Waals surface area contributed by atoms with Crippen molar-refractivity contribution in [1.82, 2.24) is 5.32 Å². The van der Waals surface area contributed by atoms with E-state index in [2.05, 4.69) is 43.1 Å². The van der Waals surface area contributed by atoms with E-state index in [1.807, 2.05) is 0 Å². The Balaban J connectivity index is 2.61. The molecule has 0 heterocycles.